The minimum atomic E-state index is -0.877. The molecule has 186 valence electrons. The van der Waals surface area contributed by atoms with Crippen molar-refractivity contribution >= 4 is 45.2 Å². The molecule has 1 aromatic heterocycles. The molecule has 0 aliphatic rings. The number of carbonyl (C=O) groups is 2. The summed E-state index contributed by atoms with van der Waals surface area (Å²) in [6.45, 7) is 8.35. The molecule has 0 spiro atoms. The Morgan fingerprint density at radius 1 is 1.14 bits per heavy atom. The van der Waals surface area contributed by atoms with Crippen LogP contribution in [0, 0.1) is 24.5 Å². The highest BCUT2D eigenvalue weighted by Crippen LogP contribution is 2.28. The summed E-state index contributed by atoms with van der Waals surface area (Å²) in [5, 5.41) is 14.5. The number of aryl methyl sites for hydroxylation is 1. The van der Waals surface area contributed by atoms with Gasteiger partial charge in [0.05, 0.1) is 17.5 Å². The Kier molecular flexibility index (Phi) is 9.01. The Bertz CT molecular complexity index is 1190. The Morgan fingerprint density at radius 2 is 1.83 bits per heavy atom. The number of rotatable bonds is 9. The van der Waals surface area contributed by atoms with Gasteiger partial charge in [0.25, 0.3) is 5.91 Å². The van der Waals surface area contributed by atoms with Gasteiger partial charge in [-0.05, 0) is 53.9 Å². The number of halogens is 3. The van der Waals surface area contributed by atoms with Gasteiger partial charge in [0, 0.05) is 22.6 Å². The molecule has 0 aliphatic carbocycles. The molecular formula is C24H26BrF2N5O2S. The van der Waals surface area contributed by atoms with Crippen LogP contribution in [0.1, 0.15) is 48.6 Å². The van der Waals surface area contributed by atoms with Crippen molar-refractivity contribution < 1.29 is 18.4 Å². The largest absolute Gasteiger partial charge is 0.342 e. The fourth-order valence-electron chi connectivity index (χ4n) is 3.36. The molecule has 0 bridgehead atoms. The summed E-state index contributed by atoms with van der Waals surface area (Å²) >= 11 is 4.19. The Hall–Kier alpha value is -2.79. The summed E-state index contributed by atoms with van der Waals surface area (Å²) in [5.74, 6) is -1.78. The summed E-state index contributed by atoms with van der Waals surface area (Å²) in [7, 11) is 0. The van der Waals surface area contributed by atoms with E-state index in [0.717, 1.165) is 23.4 Å². The first kappa shape index (κ1) is 26.8. The van der Waals surface area contributed by atoms with Gasteiger partial charge in [0.2, 0.25) is 5.91 Å². The van der Waals surface area contributed by atoms with E-state index in [1.165, 1.54) is 0 Å². The molecule has 1 atom stereocenters. The van der Waals surface area contributed by atoms with Crippen molar-refractivity contribution in [2.75, 3.05) is 11.1 Å². The standard InChI is InChI=1S/C24H26BrF2N5O2S/c1-5-32-22(20(13(2)3)29-23(34)15-8-6-14(4)7-9-15)30-31-24(32)35-12-19(33)28-21-17(25)10-16(26)11-18(21)27/h6-11,13,20H,5,12H2,1-4H3,(H,28,33)(H,29,34)/t20-/m0/s1. The molecule has 0 radical (unpaired) electrons. The molecule has 3 rings (SSSR count). The van der Waals surface area contributed by atoms with E-state index in [1.54, 1.807) is 12.1 Å². The average molecular weight is 566 g/mol. The van der Waals surface area contributed by atoms with Crippen molar-refractivity contribution in [2.45, 2.75) is 45.4 Å². The van der Waals surface area contributed by atoms with Crippen molar-refractivity contribution in [1.82, 2.24) is 20.1 Å². The van der Waals surface area contributed by atoms with Gasteiger partial charge >= 0.3 is 0 Å². The van der Waals surface area contributed by atoms with Gasteiger partial charge in [0.15, 0.2) is 16.8 Å². The number of hydrogen-bond acceptors (Lipinski definition) is 5. The monoisotopic (exact) mass is 565 g/mol. The second-order valence-electron chi connectivity index (χ2n) is 8.23. The topological polar surface area (TPSA) is 88.9 Å². The average Bonchev–Trinajstić information content (AvgIpc) is 3.21. The van der Waals surface area contributed by atoms with Crippen LogP contribution in [0.3, 0.4) is 0 Å². The zero-order chi connectivity index (χ0) is 25.7. The van der Waals surface area contributed by atoms with E-state index in [9.17, 15) is 18.4 Å². The molecule has 2 aromatic carbocycles. The van der Waals surface area contributed by atoms with E-state index in [1.807, 2.05) is 44.4 Å². The molecule has 3 aromatic rings. The number of thioether (sulfide) groups is 1. The third kappa shape index (κ3) is 6.66. The van der Waals surface area contributed by atoms with E-state index in [0.29, 0.717) is 29.2 Å². The van der Waals surface area contributed by atoms with Crippen LogP contribution < -0.4 is 10.6 Å². The lowest BCUT2D eigenvalue weighted by molar-refractivity contribution is -0.113. The van der Waals surface area contributed by atoms with Crippen molar-refractivity contribution in [2.24, 2.45) is 5.92 Å². The van der Waals surface area contributed by atoms with Crippen molar-refractivity contribution in [3.8, 4) is 0 Å². The van der Waals surface area contributed by atoms with Crippen LogP contribution in [-0.2, 0) is 11.3 Å². The number of anilines is 1. The van der Waals surface area contributed by atoms with Gasteiger partial charge in [-0.15, -0.1) is 10.2 Å². The number of benzene rings is 2. The lowest BCUT2D eigenvalue weighted by Crippen LogP contribution is -2.33. The zero-order valence-electron chi connectivity index (χ0n) is 19.7. The van der Waals surface area contributed by atoms with Gasteiger partial charge in [0.1, 0.15) is 5.82 Å². The Morgan fingerprint density at radius 3 is 2.43 bits per heavy atom. The van der Waals surface area contributed by atoms with Crippen molar-refractivity contribution in [3.05, 3.63) is 69.5 Å². The molecule has 2 amide bonds. The number of aromatic nitrogens is 3. The molecule has 0 fully saturated rings. The molecule has 0 aliphatic heterocycles. The van der Waals surface area contributed by atoms with Crippen LogP contribution in [0.15, 0.2) is 46.0 Å². The van der Waals surface area contributed by atoms with Gasteiger partial charge in [-0.1, -0.05) is 43.3 Å². The molecule has 1 heterocycles. The second kappa shape index (κ2) is 11.8. The van der Waals surface area contributed by atoms with E-state index >= 15 is 0 Å². The SMILES string of the molecule is CCn1c(SCC(=O)Nc2c(F)cc(F)cc2Br)nnc1[C@@H](NC(=O)c1ccc(C)cc1)C(C)C. The number of nitrogens with zero attached hydrogens (tertiary/aromatic N) is 3. The predicted molar refractivity (Wildman–Crippen MR) is 135 cm³/mol. The minimum absolute atomic E-state index is 0.0267. The van der Waals surface area contributed by atoms with E-state index < -0.39 is 23.6 Å². The zero-order valence-corrected chi connectivity index (χ0v) is 22.1. The normalized spacial score (nSPS) is 12.0. The first-order chi connectivity index (χ1) is 16.6. The smallest absolute Gasteiger partial charge is 0.251 e. The number of nitrogens with one attached hydrogen (secondary N) is 2. The lowest BCUT2D eigenvalue weighted by atomic mass is 10.0. The van der Waals surface area contributed by atoms with Crippen LogP contribution in [0.5, 0.6) is 0 Å². The summed E-state index contributed by atoms with van der Waals surface area (Å²) in [6.07, 6.45) is 0. The lowest BCUT2D eigenvalue weighted by Gasteiger charge is -2.22. The Balaban J connectivity index is 1.72. The minimum Gasteiger partial charge on any atom is -0.342 e. The van der Waals surface area contributed by atoms with Crippen molar-refractivity contribution in [3.63, 3.8) is 0 Å². The summed E-state index contributed by atoms with van der Waals surface area (Å²) in [4.78, 5) is 25.3. The first-order valence-electron chi connectivity index (χ1n) is 11.0. The number of amides is 2. The first-order valence-corrected chi connectivity index (χ1v) is 12.8. The van der Waals surface area contributed by atoms with Crippen LogP contribution in [0.4, 0.5) is 14.5 Å². The molecule has 0 saturated heterocycles. The van der Waals surface area contributed by atoms with Gasteiger partial charge in [-0.3, -0.25) is 9.59 Å². The number of carbonyl (C=O) groups excluding carboxylic acids is 2. The number of hydrogen-bond donors (Lipinski definition) is 2. The van der Waals surface area contributed by atoms with E-state index in [4.69, 9.17) is 0 Å². The molecule has 11 heteroatoms. The molecule has 35 heavy (non-hydrogen) atoms. The highest BCUT2D eigenvalue weighted by molar-refractivity contribution is 9.10. The van der Waals surface area contributed by atoms with Gasteiger partial charge in [-0.25, -0.2) is 8.78 Å². The van der Waals surface area contributed by atoms with Gasteiger partial charge < -0.3 is 15.2 Å². The maximum absolute atomic E-state index is 14.0. The molecule has 2 N–H and O–H groups in total. The summed E-state index contributed by atoms with van der Waals surface area (Å²) < 4.78 is 29.2. The van der Waals surface area contributed by atoms with E-state index in [-0.39, 0.29) is 27.7 Å². The molecule has 7 nitrogen and oxygen atoms in total. The van der Waals surface area contributed by atoms with Crippen LogP contribution in [0.25, 0.3) is 0 Å². The maximum Gasteiger partial charge on any atom is 0.251 e. The summed E-state index contributed by atoms with van der Waals surface area (Å²) in [5.41, 5.74) is 1.48. The van der Waals surface area contributed by atoms with Crippen molar-refractivity contribution in [1.29, 1.82) is 0 Å². The molecule has 0 unspecified atom stereocenters. The molecular weight excluding hydrogens is 540 g/mol. The maximum atomic E-state index is 14.0. The van der Waals surface area contributed by atoms with Gasteiger partial charge in [-0.2, -0.15) is 0 Å². The quantitative estimate of drug-likeness (QED) is 0.334. The van der Waals surface area contributed by atoms with Crippen LogP contribution >= 0.6 is 27.7 Å². The van der Waals surface area contributed by atoms with Crippen LogP contribution in [0.2, 0.25) is 0 Å². The third-order valence-corrected chi connectivity index (χ3v) is 6.80. The fourth-order valence-corrected chi connectivity index (χ4v) is 4.68. The summed E-state index contributed by atoms with van der Waals surface area (Å²) in [6, 6.07) is 8.67. The molecule has 0 saturated carbocycles. The fraction of sp³-hybridized carbons (Fsp3) is 0.333. The van der Waals surface area contributed by atoms with E-state index in [2.05, 4.69) is 36.8 Å². The second-order valence-corrected chi connectivity index (χ2v) is 10.0. The van der Waals surface area contributed by atoms with Crippen LogP contribution in [-0.4, -0.2) is 32.3 Å². The predicted octanol–water partition coefficient (Wildman–Crippen LogP) is 5.51. The highest BCUT2D eigenvalue weighted by Gasteiger charge is 2.26. The third-order valence-electron chi connectivity index (χ3n) is 5.21. The highest BCUT2D eigenvalue weighted by atomic mass is 79.9. The Labute approximate surface area is 215 Å².